The standard InChI is InChI=1S/C36H38O9/c1-2-21-12-22(25-10-20(19-37)11-28(39)14-25)5-6-23-17-34(41)44-32-18-31(40)26(15-29(23)32)16-33(45-35(21)42)36(43)9-3-4-24-13-27(38)7-8-30(24)36/h2,10-11,14-15,18,22-24,30,33,37,39-40,43H,3-4,7-9,12-13,16-17,19H2,1H3. The monoisotopic (exact) mass is 614 g/mol. The normalized spacial score (nSPS) is 30.9. The molecule has 45 heavy (non-hydrogen) atoms. The summed E-state index contributed by atoms with van der Waals surface area (Å²) in [6.07, 6.45) is 3.84. The zero-order valence-corrected chi connectivity index (χ0v) is 25.3. The van der Waals surface area contributed by atoms with Crippen LogP contribution in [0.5, 0.6) is 17.2 Å². The van der Waals surface area contributed by atoms with Crippen LogP contribution in [0.4, 0.5) is 0 Å². The van der Waals surface area contributed by atoms with Crippen LogP contribution in [0.1, 0.15) is 92.4 Å². The minimum Gasteiger partial charge on any atom is -0.508 e. The van der Waals surface area contributed by atoms with Crippen molar-refractivity contribution in [3.63, 3.8) is 0 Å². The number of cyclic esters (lactones) is 1. The summed E-state index contributed by atoms with van der Waals surface area (Å²) < 4.78 is 11.7. The van der Waals surface area contributed by atoms with E-state index in [0.717, 1.165) is 6.42 Å². The van der Waals surface area contributed by atoms with Crippen molar-refractivity contribution >= 4 is 17.7 Å². The first kappa shape index (κ1) is 30.9. The number of aromatic hydroxyl groups is 2. The lowest BCUT2D eigenvalue weighted by Gasteiger charge is -2.50. The minimum absolute atomic E-state index is 0.0133. The second-order valence-electron chi connectivity index (χ2n) is 12.8. The number of phenols is 2. The SMILES string of the molecule is CC=C1CC(c2cc(O)cc(CO)c2)C#CC2CC(=O)Oc3cc(O)c(cc32)CC(C2(O)CCCC3CC(=O)CCC32)OC1=O. The van der Waals surface area contributed by atoms with Crippen LogP contribution in [-0.2, 0) is 32.1 Å². The molecule has 6 unspecified atom stereocenters. The quantitative estimate of drug-likeness (QED) is 0.170. The Morgan fingerprint density at radius 2 is 1.78 bits per heavy atom. The third-order valence-corrected chi connectivity index (χ3v) is 10.0. The number of benzene rings is 2. The summed E-state index contributed by atoms with van der Waals surface area (Å²) in [5.74, 6) is 4.02. The van der Waals surface area contributed by atoms with Crippen molar-refractivity contribution in [2.75, 3.05) is 0 Å². The molecule has 236 valence electrons. The van der Waals surface area contributed by atoms with E-state index in [1.807, 2.05) is 0 Å². The van der Waals surface area contributed by atoms with Gasteiger partial charge in [0.25, 0.3) is 0 Å². The Bertz CT molecular complexity index is 1630. The summed E-state index contributed by atoms with van der Waals surface area (Å²) in [4.78, 5) is 38.8. The summed E-state index contributed by atoms with van der Waals surface area (Å²) >= 11 is 0. The average molecular weight is 615 g/mol. The van der Waals surface area contributed by atoms with Gasteiger partial charge in [0.2, 0.25) is 0 Å². The van der Waals surface area contributed by atoms with Gasteiger partial charge in [-0.25, -0.2) is 4.79 Å². The van der Waals surface area contributed by atoms with E-state index >= 15 is 0 Å². The van der Waals surface area contributed by atoms with E-state index in [9.17, 15) is 34.8 Å². The number of carbonyl (C=O) groups excluding carboxylic acids is 3. The van der Waals surface area contributed by atoms with Gasteiger partial charge in [0, 0.05) is 42.4 Å². The van der Waals surface area contributed by atoms with E-state index in [2.05, 4.69) is 11.8 Å². The van der Waals surface area contributed by atoms with Crippen molar-refractivity contribution in [2.45, 2.75) is 94.9 Å². The highest BCUT2D eigenvalue weighted by atomic mass is 16.6. The van der Waals surface area contributed by atoms with Crippen molar-refractivity contribution in [3.8, 4) is 29.1 Å². The molecule has 6 rings (SSSR count). The summed E-state index contributed by atoms with van der Waals surface area (Å²) in [7, 11) is 0. The first-order chi connectivity index (χ1) is 21.6. The second-order valence-corrected chi connectivity index (χ2v) is 12.8. The van der Waals surface area contributed by atoms with Gasteiger partial charge >= 0.3 is 11.9 Å². The van der Waals surface area contributed by atoms with Crippen LogP contribution in [0.2, 0.25) is 0 Å². The fraction of sp³-hybridized carbons (Fsp3) is 0.472. The van der Waals surface area contributed by atoms with E-state index in [0.29, 0.717) is 59.9 Å². The lowest BCUT2D eigenvalue weighted by atomic mass is 9.60. The maximum atomic E-state index is 13.9. The van der Waals surface area contributed by atoms with Crippen LogP contribution in [0, 0.1) is 23.7 Å². The molecule has 0 spiro atoms. The predicted molar refractivity (Wildman–Crippen MR) is 162 cm³/mol. The molecule has 2 aliphatic carbocycles. The summed E-state index contributed by atoms with van der Waals surface area (Å²) in [6, 6.07) is 7.79. The number of Topliss-reactive ketones (excluding diaryl/α,β-unsaturated/α-hetero) is 1. The Kier molecular flexibility index (Phi) is 8.47. The molecule has 0 aromatic heterocycles. The van der Waals surface area contributed by atoms with Crippen molar-refractivity contribution in [1.82, 2.24) is 0 Å². The number of rotatable bonds is 3. The summed E-state index contributed by atoms with van der Waals surface area (Å²) in [6.45, 7) is 1.41. The lowest BCUT2D eigenvalue weighted by Crippen LogP contribution is -2.57. The Hall–Kier alpha value is -4.13. The molecule has 0 radical (unpaired) electrons. The van der Waals surface area contributed by atoms with E-state index in [1.165, 1.54) is 18.2 Å². The molecule has 2 aliphatic heterocycles. The molecule has 9 heteroatoms. The molecule has 6 atom stereocenters. The molecule has 2 fully saturated rings. The minimum atomic E-state index is -1.43. The van der Waals surface area contributed by atoms with Crippen LogP contribution in [-0.4, -0.2) is 49.9 Å². The molecule has 4 aliphatic rings. The molecule has 0 amide bonds. The highest BCUT2D eigenvalue weighted by Gasteiger charge is 2.52. The topological polar surface area (TPSA) is 151 Å². The Morgan fingerprint density at radius 1 is 0.978 bits per heavy atom. The molecule has 9 nitrogen and oxygen atoms in total. The van der Waals surface area contributed by atoms with Crippen LogP contribution < -0.4 is 4.74 Å². The Balaban J connectivity index is 1.48. The number of ketones is 1. The molecule has 2 heterocycles. The number of phenolic OH excluding ortho intramolecular Hbond substituents is 2. The highest BCUT2D eigenvalue weighted by Crippen LogP contribution is 2.49. The third kappa shape index (κ3) is 6.09. The van der Waals surface area contributed by atoms with Gasteiger partial charge in [-0.15, -0.1) is 0 Å². The molecule has 2 aromatic carbocycles. The number of aliphatic hydroxyl groups excluding tert-OH is 1. The van der Waals surface area contributed by atoms with E-state index in [-0.39, 0.29) is 60.7 Å². The molecule has 4 N–H and O–H groups in total. The van der Waals surface area contributed by atoms with Gasteiger partial charge in [-0.2, -0.15) is 0 Å². The number of hydrogen-bond donors (Lipinski definition) is 4. The smallest absolute Gasteiger partial charge is 0.334 e. The van der Waals surface area contributed by atoms with E-state index in [4.69, 9.17) is 9.47 Å². The average Bonchev–Trinajstić information content (AvgIpc) is 3.01. The van der Waals surface area contributed by atoms with Gasteiger partial charge < -0.3 is 29.9 Å². The first-order valence-electron chi connectivity index (χ1n) is 15.7. The van der Waals surface area contributed by atoms with Crippen molar-refractivity contribution < 1.29 is 44.3 Å². The number of allylic oxidation sites excluding steroid dienone is 1. The van der Waals surface area contributed by atoms with Gasteiger partial charge in [0.05, 0.1) is 18.9 Å². The van der Waals surface area contributed by atoms with Crippen molar-refractivity contribution in [2.24, 2.45) is 11.8 Å². The number of ether oxygens (including phenoxy) is 2. The van der Waals surface area contributed by atoms with Crippen LogP contribution in [0.15, 0.2) is 42.0 Å². The summed E-state index contributed by atoms with van der Waals surface area (Å²) in [5.41, 5.74) is 0.970. The van der Waals surface area contributed by atoms with Crippen molar-refractivity contribution in [1.29, 1.82) is 0 Å². The van der Waals surface area contributed by atoms with Crippen LogP contribution >= 0.6 is 0 Å². The summed E-state index contributed by atoms with van der Waals surface area (Å²) in [5, 5.41) is 43.7. The predicted octanol–water partition coefficient (Wildman–Crippen LogP) is 4.47. The number of hydrogen-bond acceptors (Lipinski definition) is 9. The van der Waals surface area contributed by atoms with Gasteiger partial charge in [-0.05, 0) is 79.3 Å². The largest absolute Gasteiger partial charge is 0.508 e. The third-order valence-electron chi connectivity index (χ3n) is 10.0. The number of carbonyl (C=O) groups is 3. The molecule has 0 saturated heterocycles. The van der Waals surface area contributed by atoms with Gasteiger partial charge in [-0.3, -0.25) is 9.59 Å². The molecule has 2 saturated carbocycles. The van der Waals surface area contributed by atoms with Gasteiger partial charge in [0.15, 0.2) is 0 Å². The fourth-order valence-electron chi connectivity index (χ4n) is 7.72. The Morgan fingerprint density at radius 3 is 2.56 bits per heavy atom. The lowest BCUT2D eigenvalue weighted by molar-refractivity contribution is -0.187. The molecular formula is C36H38O9. The molecule has 2 bridgehead atoms. The van der Waals surface area contributed by atoms with E-state index in [1.54, 1.807) is 25.1 Å². The van der Waals surface area contributed by atoms with E-state index < -0.39 is 35.5 Å². The molecular weight excluding hydrogens is 576 g/mol. The zero-order valence-electron chi connectivity index (χ0n) is 25.3. The number of aliphatic hydroxyl groups is 2. The fourth-order valence-corrected chi connectivity index (χ4v) is 7.72. The van der Waals surface area contributed by atoms with Gasteiger partial charge in [0.1, 0.15) is 34.7 Å². The van der Waals surface area contributed by atoms with Crippen LogP contribution in [0.25, 0.3) is 0 Å². The Labute approximate surface area is 261 Å². The number of fused-ring (bicyclic) bond motifs is 2. The maximum absolute atomic E-state index is 13.9. The van der Waals surface area contributed by atoms with Crippen molar-refractivity contribution in [3.05, 3.63) is 64.2 Å². The first-order valence-corrected chi connectivity index (χ1v) is 15.7. The maximum Gasteiger partial charge on any atom is 0.334 e. The molecule has 2 aromatic rings. The highest BCUT2D eigenvalue weighted by molar-refractivity contribution is 5.89. The van der Waals surface area contributed by atoms with Crippen LogP contribution in [0.3, 0.4) is 0 Å². The van der Waals surface area contributed by atoms with Gasteiger partial charge in [-0.1, -0.05) is 30.4 Å². The zero-order chi connectivity index (χ0) is 31.9. The number of esters is 2. The second kappa shape index (κ2) is 12.3.